The number of methoxy groups -OCH3 is 1. The molecule has 0 bridgehead atoms. The minimum atomic E-state index is -3.45. The van der Waals surface area contributed by atoms with Gasteiger partial charge in [0.25, 0.3) is 0 Å². The molecule has 1 aliphatic rings. The Hall–Kier alpha value is -1.36. The van der Waals surface area contributed by atoms with Crippen LogP contribution in [0.2, 0.25) is 0 Å². The Labute approximate surface area is 120 Å². The Morgan fingerprint density at radius 3 is 2.45 bits per heavy atom. The third-order valence-corrected chi connectivity index (χ3v) is 4.64. The number of hydrogen-bond acceptors (Lipinski definition) is 5. The first-order valence-electron chi connectivity index (χ1n) is 6.12. The van der Waals surface area contributed by atoms with Gasteiger partial charge in [0.2, 0.25) is 10.0 Å². The lowest BCUT2D eigenvalue weighted by molar-refractivity contribution is -0.0231. The molecule has 1 rings (SSSR count). The zero-order valence-electron chi connectivity index (χ0n) is 12.4. The Bertz CT molecular complexity index is 584. The van der Waals surface area contributed by atoms with Gasteiger partial charge >= 0.3 is 0 Å². The van der Waals surface area contributed by atoms with Crippen LogP contribution in [0.1, 0.15) is 20.8 Å². The van der Waals surface area contributed by atoms with Crippen molar-refractivity contribution < 1.29 is 17.9 Å². The molecule has 112 valence electrons. The number of sulfonamides is 1. The Balaban J connectivity index is 3.28. The SMILES string of the molecule is COCOCC1=C(C)C(C#N)=C(C)N(S(C)(=O)=O)C1C. The maximum absolute atomic E-state index is 11.9. The second-order valence-corrected chi connectivity index (χ2v) is 6.57. The molecule has 0 aliphatic carbocycles. The van der Waals surface area contributed by atoms with E-state index in [4.69, 9.17) is 9.47 Å². The molecule has 0 aromatic heterocycles. The second-order valence-electron chi connectivity index (χ2n) is 4.71. The summed E-state index contributed by atoms with van der Waals surface area (Å²) in [6.07, 6.45) is 1.14. The molecule has 6 nitrogen and oxygen atoms in total. The summed E-state index contributed by atoms with van der Waals surface area (Å²) in [4.78, 5) is 0. The topological polar surface area (TPSA) is 79.6 Å². The highest BCUT2D eigenvalue weighted by atomic mass is 32.2. The lowest BCUT2D eigenvalue weighted by atomic mass is 9.92. The molecule has 0 N–H and O–H groups in total. The fourth-order valence-electron chi connectivity index (χ4n) is 2.45. The molecule has 1 heterocycles. The number of nitriles is 1. The highest BCUT2D eigenvalue weighted by Gasteiger charge is 2.33. The van der Waals surface area contributed by atoms with Crippen molar-refractivity contribution in [3.63, 3.8) is 0 Å². The molecule has 0 aromatic carbocycles. The summed E-state index contributed by atoms with van der Waals surface area (Å²) in [5, 5.41) is 9.26. The normalized spacial score (nSPS) is 20.4. The quantitative estimate of drug-likeness (QED) is 0.566. The van der Waals surface area contributed by atoms with Crippen LogP contribution in [0.3, 0.4) is 0 Å². The molecule has 1 aliphatic heterocycles. The Morgan fingerprint density at radius 1 is 1.40 bits per heavy atom. The highest BCUT2D eigenvalue weighted by Crippen LogP contribution is 2.33. The molecule has 7 heteroatoms. The van der Waals surface area contributed by atoms with Crippen LogP contribution >= 0.6 is 0 Å². The van der Waals surface area contributed by atoms with Crippen LogP contribution in [0.15, 0.2) is 22.4 Å². The van der Waals surface area contributed by atoms with E-state index in [0.717, 1.165) is 17.4 Å². The number of rotatable bonds is 5. The van der Waals surface area contributed by atoms with Gasteiger partial charge in [0.1, 0.15) is 12.9 Å². The van der Waals surface area contributed by atoms with E-state index in [1.54, 1.807) is 13.8 Å². The molecule has 0 amide bonds. The molecule has 0 fully saturated rings. The second kappa shape index (κ2) is 6.39. The van der Waals surface area contributed by atoms with Gasteiger partial charge in [-0.3, -0.25) is 4.31 Å². The van der Waals surface area contributed by atoms with Crippen LogP contribution < -0.4 is 0 Å². The van der Waals surface area contributed by atoms with E-state index in [-0.39, 0.29) is 19.4 Å². The van der Waals surface area contributed by atoms with Gasteiger partial charge in [-0.25, -0.2) is 8.42 Å². The summed E-state index contributed by atoms with van der Waals surface area (Å²) in [7, 11) is -1.94. The van der Waals surface area contributed by atoms with Gasteiger partial charge < -0.3 is 9.47 Å². The van der Waals surface area contributed by atoms with E-state index < -0.39 is 10.0 Å². The summed E-state index contributed by atoms with van der Waals surface area (Å²) >= 11 is 0. The van der Waals surface area contributed by atoms with Gasteiger partial charge in [-0.1, -0.05) is 0 Å². The molecule has 20 heavy (non-hydrogen) atoms. The molecule has 1 unspecified atom stereocenters. The van der Waals surface area contributed by atoms with E-state index in [2.05, 4.69) is 6.07 Å². The molecule has 0 saturated carbocycles. The van der Waals surface area contributed by atoms with Gasteiger partial charge in [0.05, 0.1) is 24.5 Å². The molecular formula is C13H20N2O4S. The van der Waals surface area contributed by atoms with Crippen LogP contribution in [0, 0.1) is 11.3 Å². The van der Waals surface area contributed by atoms with Gasteiger partial charge in [0, 0.05) is 12.8 Å². The third kappa shape index (κ3) is 3.20. The summed E-state index contributed by atoms with van der Waals surface area (Å²) in [5.41, 5.74) is 2.38. The number of hydrogen-bond donors (Lipinski definition) is 0. The smallest absolute Gasteiger partial charge is 0.232 e. The number of ether oxygens (including phenoxy) is 2. The summed E-state index contributed by atoms with van der Waals surface area (Å²) in [6, 6.07) is 1.70. The van der Waals surface area contributed by atoms with E-state index >= 15 is 0 Å². The van der Waals surface area contributed by atoms with E-state index in [9.17, 15) is 13.7 Å². The van der Waals surface area contributed by atoms with Crippen molar-refractivity contribution in [2.24, 2.45) is 0 Å². The van der Waals surface area contributed by atoms with Gasteiger partial charge in [-0.05, 0) is 31.9 Å². The fraction of sp³-hybridized carbons (Fsp3) is 0.615. The third-order valence-electron chi connectivity index (χ3n) is 3.33. The van der Waals surface area contributed by atoms with Gasteiger partial charge in [0.15, 0.2) is 0 Å². The van der Waals surface area contributed by atoms with Crippen LogP contribution in [-0.2, 0) is 19.5 Å². The lowest BCUT2D eigenvalue weighted by Crippen LogP contribution is -2.42. The van der Waals surface area contributed by atoms with Crippen molar-refractivity contribution >= 4 is 10.0 Å². The molecule has 0 radical (unpaired) electrons. The molecule has 0 saturated heterocycles. The van der Waals surface area contributed by atoms with Crippen LogP contribution in [0.25, 0.3) is 0 Å². The van der Waals surface area contributed by atoms with Crippen LogP contribution in [0.4, 0.5) is 0 Å². The summed E-state index contributed by atoms with van der Waals surface area (Å²) in [6.45, 7) is 5.59. The fourth-order valence-corrected chi connectivity index (χ4v) is 3.74. The molecule has 0 aromatic rings. The van der Waals surface area contributed by atoms with Crippen molar-refractivity contribution in [1.29, 1.82) is 5.26 Å². The van der Waals surface area contributed by atoms with Crippen molar-refractivity contribution in [2.45, 2.75) is 26.8 Å². The predicted octanol–water partition coefficient (Wildman–Crippen LogP) is 1.38. The number of allylic oxidation sites excluding steroid dienone is 3. The minimum absolute atomic E-state index is 0.118. The Morgan fingerprint density at radius 2 is 2.00 bits per heavy atom. The Kier molecular flexibility index (Phi) is 5.34. The average Bonchev–Trinajstić information content (AvgIpc) is 2.32. The van der Waals surface area contributed by atoms with Crippen molar-refractivity contribution in [2.75, 3.05) is 26.8 Å². The van der Waals surface area contributed by atoms with Crippen LogP contribution in [-0.4, -0.2) is 45.5 Å². The predicted molar refractivity (Wildman–Crippen MR) is 75.0 cm³/mol. The summed E-state index contributed by atoms with van der Waals surface area (Å²) in [5.74, 6) is 0. The minimum Gasteiger partial charge on any atom is -0.359 e. The van der Waals surface area contributed by atoms with E-state index in [0.29, 0.717) is 11.3 Å². The molecular weight excluding hydrogens is 280 g/mol. The van der Waals surface area contributed by atoms with Crippen molar-refractivity contribution in [3.8, 4) is 6.07 Å². The monoisotopic (exact) mass is 300 g/mol. The first kappa shape index (κ1) is 16.7. The molecule has 1 atom stereocenters. The maximum Gasteiger partial charge on any atom is 0.232 e. The van der Waals surface area contributed by atoms with Gasteiger partial charge in [-0.2, -0.15) is 5.26 Å². The highest BCUT2D eigenvalue weighted by molar-refractivity contribution is 7.88. The van der Waals surface area contributed by atoms with E-state index in [1.165, 1.54) is 11.4 Å². The number of nitrogens with zero attached hydrogens (tertiary/aromatic N) is 2. The zero-order valence-corrected chi connectivity index (χ0v) is 13.2. The van der Waals surface area contributed by atoms with Gasteiger partial charge in [-0.15, -0.1) is 0 Å². The largest absolute Gasteiger partial charge is 0.359 e. The molecule has 0 spiro atoms. The standard InChI is InChI=1S/C13H20N2O4S/c1-9-12(6-14)10(2)15(20(5,16)17)11(3)13(9)7-19-8-18-4/h11H,7-8H2,1-5H3. The first-order chi connectivity index (χ1) is 9.25. The van der Waals surface area contributed by atoms with Crippen LogP contribution in [0.5, 0.6) is 0 Å². The lowest BCUT2D eigenvalue weighted by Gasteiger charge is -2.36. The van der Waals surface area contributed by atoms with Crippen molar-refractivity contribution in [3.05, 3.63) is 22.4 Å². The first-order valence-corrected chi connectivity index (χ1v) is 7.97. The van der Waals surface area contributed by atoms with E-state index in [1.807, 2.05) is 6.92 Å². The maximum atomic E-state index is 11.9. The summed E-state index contributed by atoms with van der Waals surface area (Å²) < 4.78 is 35.3. The van der Waals surface area contributed by atoms with Crippen molar-refractivity contribution in [1.82, 2.24) is 4.31 Å². The zero-order chi connectivity index (χ0) is 15.5. The average molecular weight is 300 g/mol.